The van der Waals surface area contributed by atoms with Crippen molar-refractivity contribution in [3.63, 3.8) is 0 Å². The molecule has 27 heavy (non-hydrogen) atoms. The zero-order valence-electron chi connectivity index (χ0n) is 14.5. The van der Waals surface area contributed by atoms with Gasteiger partial charge in [-0.2, -0.15) is 10.2 Å². The molecule has 1 N–H and O–H groups in total. The first-order valence-corrected chi connectivity index (χ1v) is 8.41. The molecular weight excluding hydrogens is 342 g/mol. The first kappa shape index (κ1) is 15.4. The Bertz CT molecular complexity index is 1240. The second-order valence-corrected chi connectivity index (χ2v) is 6.05. The van der Waals surface area contributed by atoms with Crippen LogP contribution in [0.25, 0.3) is 28.1 Å². The summed E-state index contributed by atoms with van der Waals surface area (Å²) in [6, 6.07) is 5.65. The predicted octanol–water partition coefficient (Wildman–Crippen LogP) is 2.08. The van der Waals surface area contributed by atoms with Gasteiger partial charge in [-0.1, -0.05) is 0 Å². The summed E-state index contributed by atoms with van der Waals surface area (Å²) in [6.45, 7) is 0.536. The number of anilines is 1. The van der Waals surface area contributed by atoms with Crippen molar-refractivity contribution < 1.29 is 0 Å². The number of nitrogens with zero attached hydrogens (tertiary/aromatic N) is 8. The highest BCUT2D eigenvalue weighted by atomic mass is 15.3. The highest BCUT2D eigenvalue weighted by Gasteiger charge is 2.14. The van der Waals surface area contributed by atoms with Crippen molar-refractivity contribution in [1.82, 2.24) is 39.3 Å². The smallest absolute Gasteiger partial charge is 0.165 e. The molecule has 0 fully saturated rings. The molecule has 5 rings (SSSR count). The Morgan fingerprint density at radius 1 is 1.00 bits per heavy atom. The Balaban J connectivity index is 1.56. The number of aryl methyl sites for hydroxylation is 1. The average Bonchev–Trinajstić information content (AvgIpc) is 3.31. The van der Waals surface area contributed by atoms with Gasteiger partial charge in [0.05, 0.1) is 17.8 Å². The minimum absolute atomic E-state index is 0.536. The predicted molar refractivity (Wildman–Crippen MR) is 99.8 cm³/mol. The summed E-state index contributed by atoms with van der Waals surface area (Å²) in [7, 11) is 1.86. The summed E-state index contributed by atoms with van der Waals surface area (Å²) in [5.41, 5.74) is 3.40. The lowest BCUT2D eigenvalue weighted by atomic mass is 10.2. The van der Waals surface area contributed by atoms with Crippen LogP contribution in [0.1, 0.15) is 5.56 Å². The average molecular weight is 357 g/mol. The number of aromatic nitrogens is 8. The van der Waals surface area contributed by atoms with E-state index in [-0.39, 0.29) is 0 Å². The van der Waals surface area contributed by atoms with E-state index in [1.54, 1.807) is 40.2 Å². The highest BCUT2D eigenvalue weighted by Crippen LogP contribution is 2.24. The van der Waals surface area contributed by atoms with Crippen molar-refractivity contribution in [2.24, 2.45) is 7.05 Å². The third-order valence-electron chi connectivity index (χ3n) is 4.31. The van der Waals surface area contributed by atoms with Gasteiger partial charge in [-0.15, -0.1) is 0 Å². The van der Waals surface area contributed by atoms with Gasteiger partial charge in [0.1, 0.15) is 5.82 Å². The van der Waals surface area contributed by atoms with Crippen molar-refractivity contribution in [3.05, 3.63) is 60.9 Å². The van der Waals surface area contributed by atoms with E-state index < -0.39 is 0 Å². The van der Waals surface area contributed by atoms with Crippen LogP contribution in [0.4, 0.5) is 5.82 Å². The van der Waals surface area contributed by atoms with Crippen molar-refractivity contribution in [2.75, 3.05) is 5.32 Å². The number of rotatable bonds is 4. The van der Waals surface area contributed by atoms with Gasteiger partial charge in [-0.3, -0.25) is 9.67 Å². The molecule has 0 aliphatic rings. The Morgan fingerprint density at radius 3 is 2.85 bits per heavy atom. The van der Waals surface area contributed by atoms with Gasteiger partial charge in [0.15, 0.2) is 17.1 Å². The summed E-state index contributed by atoms with van der Waals surface area (Å²) in [4.78, 5) is 17.9. The van der Waals surface area contributed by atoms with Crippen molar-refractivity contribution >= 4 is 22.5 Å². The molecule has 5 heterocycles. The number of hydrogen-bond acceptors (Lipinski definition) is 7. The van der Waals surface area contributed by atoms with E-state index in [0.717, 1.165) is 27.8 Å². The zero-order chi connectivity index (χ0) is 18.2. The van der Waals surface area contributed by atoms with Crippen LogP contribution in [0.2, 0.25) is 0 Å². The van der Waals surface area contributed by atoms with Gasteiger partial charge in [0.2, 0.25) is 0 Å². The second-order valence-electron chi connectivity index (χ2n) is 6.05. The lowest BCUT2D eigenvalue weighted by Crippen LogP contribution is -2.05. The van der Waals surface area contributed by atoms with E-state index in [4.69, 9.17) is 4.98 Å². The molecule has 132 valence electrons. The summed E-state index contributed by atoms with van der Waals surface area (Å²) in [6.07, 6.45) is 10.7. The number of pyridine rings is 1. The van der Waals surface area contributed by atoms with E-state index in [0.29, 0.717) is 18.2 Å². The third kappa shape index (κ3) is 2.65. The van der Waals surface area contributed by atoms with Crippen LogP contribution in [0, 0.1) is 0 Å². The van der Waals surface area contributed by atoms with Crippen LogP contribution in [-0.2, 0) is 13.6 Å². The standard InChI is InChI=1S/C18H15N9/c1-26-18-14(11-22-26)16(24-15(25-18)12-4-2-5-19-8-12)21-9-13-10-23-27-7-3-6-20-17(13)27/h2-8,10-11H,9H2,1H3,(H,21,24,25). The van der Waals surface area contributed by atoms with E-state index in [9.17, 15) is 0 Å². The molecule has 9 heteroatoms. The Morgan fingerprint density at radius 2 is 1.96 bits per heavy atom. The molecule has 0 bridgehead atoms. The quantitative estimate of drug-likeness (QED) is 0.526. The number of fused-ring (bicyclic) bond motifs is 2. The Kier molecular flexibility index (Phi) is 3.49. The van der Waals surface area contributed by atoms with Crippen molar-refractivity contribution in [3.8, 4) is 11.4 Å². The van der Waals surface area contributed by atoms with E-state index >= 15 is 0 Å². The van der Waals surface area contributed by atoms with Crippen LogP contribution in [0.15, 0.2) is 55.4 Å². The molecular formula is C18H15N9. The van der Waals surface area contributed by atoms with E-state index in [2.05, 4.69) is 30.5 Å². The number of nitrogens with one attached hydrogen (secondary N) is 1. The first-order chi connectivity index (χ1) is 13.3. The van der Waals surface area contributed by atoms with Gasteiger partial charge in [0, 0.05) is 49.5 Å². The van der Waals surface area contributed by atoms with Crippen LogP contribution in [0.5, 0.6) is 0 Å². The van der Waals surface area contributed by atoms with Crippen molar-refractivity contribution in [2.45, 2.75) is 6.54 Å². The SMILES string of the molecule is Cn1ncc2c(NCc3cnn4cccnc34)nc(-c3cccnc3)nc21. The normalized spacial score (nSPS) is 11.3. The molecule has 0 aliphatic carbocycles. The third-order valence-corrected chi connectivity index (χ3v) is 4.31. The summed E-state index contributed by atoms with van der Waals surface area (Å²) in [5, 5.41) is 12.9. The van der Waals surface area contributed by atoms with Crippen LogP contribution in [0.3, 0.4) is 0 Å². The lowest BCUT2D eigenvalue weighted by Gasteiger charge is -2.08. The van der Waals surface area contributed by atoms with E-state index in [1.165, 1.54) is 0 Å². The Labute approximate surface area is 153 Å². The van der Waals surface area contributed by atoms with Crippen LogP contribution >= 0.6 is 0 Å². The highest BCUT2D eigenvalue weighted by molar-refractivity contribution is 5.88. The molecule has 0 saturated carbocycles. The lowest BCUT2D eigenvalue weighted by molar-refractivity contribution is 0.786. The molecule has 0 aromatic carbocycles. The van der Waals surface area contributed by atoms with Gasteiger partial charge in [-0.25, -0.2) is 19.5 Å². The van der Waals surface area contributed by atoms with Crippen LogP contribution < -0.4 is 5.32 Å². The molecule has 9 nitrogen and oxygen atoms in total. The fourth-order valence-corrected chi connectivity index (χ4v) is 2.96. The zero-order valence-corrected chi connectivity index (χ0v) is 14.5. The summed E-state index contributed by atoms with van der Waals surface area (Å²) < 4.78 is 3.48. The maximum absolute atomic E-state index is 4.70. The van der Waals surface area contributed by atoms with Gasteiger partial charge >= 0.3 is 0 Å². The van der Waals surface area contributed by atoms with Crippen LogP contribution in [-0.4, -0.2) is 39.3 Å². The molecule has 0 saturated heterocycles. The maximum atomic E-state index is 4.70. The van der Waals surface area contributed by atoms with Gasteiger partial charge in [0.25, 0.3) is 0 Å². The number of hydrogen-bond donors (Lipinski definition) is 1. The minimum Gasteiger partial charge on any atom is -0.365 e. The second kappa shape index (κ2) is 6.13. The summed E-state index contributed by atoms with van der Waals surface area (Å²) >= 11 is 0. The van der Waals surface area contributed by atoms with E-state index in [1.807, 2.05) is 31.4 Å². The molecule has 0 unspecified atom stereocenters. The molecule has 0 atom stereocenters. The first-order valence-electron chi connectivity index (χ1n) is 8.41. The minimum atomic E-state index is 0.536. The molecule has 0 amide bonds. The Hall–Kier alpha value is -3.88. The maximum Gasteiger partial charge on any atom is 0.165 e. The monoisotopic (exact) mass is 357 g/mol. The summed E-state index contributed by atoms with van der Waals surface area (Å²) in [5.74, 6) is 1.31. The van der Waals surface area contributed by atoms with Gasteiger partial charge in [-0.05, 0) is 18.2 Å². The molecule has 5 aromatic heterocycles. The molecule has 5 aromatic rings. The fraction of sp³-hybridized carbons (Fsp3) is 0.111. The molecule has 0 radical (unpaired) electrons. The van der Waals surface area contributed by atoms with Crippen molar-refractivity contribution in [1.29, 1.82) is 0 Å². The molecule has 0 spiro atoms. The van der Waals surface area contributed by atoms with Gasteiger partial charge < -0.3 is 5.32 Å². The fourth-order valence-electron chi connectivity index (χ4n) is 2.96. The molecule has 0 aliphatic heterocycles. The topological polar surface area (TPSA) is 98.7 Å². The largest absolute Gasteiger partial charge is 0.365 e.